The van der Waals surface area contributed by atoms with Gasteiger partial charge in [-0.3, -0.25) is 14.4 Å². The number of hydrogen-bond acceptors (Lipinski definition) is 6. The van der Waals surface area contributed by atoms with Crippen LogP contribution in [-0.2, 0) is 25.6 Å². The maximum absolute atomic E-state index is 13.1. The maximum Gasteiger partial charge on any atom is 0.326 e. The molecule has 1 saturated heterocycles. The van der Waals surface area contributed by atoms with Gasteiger partial charge >= 0.3 is 5.97 Å². The van der Waals surface area contributed by atoms with Crippen LogP contribution in [0.1, 0.15) is 25.3 Å². The number of carbonyl (C=O) groups is 4. The fourth-order valence-corrected chi connectivity index (χ4v) is 3.44. The predicted octanol–water partition coefficient (Wildman–Crippen LogP) is -1.39. The molecule has 10 heteroatoms. The Balaban J connectivity index is 2.24. The Morgan fingerprint density at radius 3 is 2.43 bits per heavy atom. The summed E-state index contributed by atoms with van der Waals surface area (Å²) in [6.45, 7) is 1.24. The van der Waals surface area contributed by atoms with Gasteiger partial charge < -0.3 is 31.5 Å². The van der Waals surface area contributed by atoms with Gasteiger partial charge in [-0.15, -0.1) is 0 Å². The average Bonchev–Trinajstić information content (AvgIpc) is 3.21. The third-order valence-corrected chi connectivity index (χ3v) is 4.98. The number of nitrogens with two attached hydrogens (primary N) is 1. The lowest BCUT2D eigenvalue weighted by Crippen LogP contribution is -2.59. The fraction of sp³-hybridized carbons (Fsp3) is 0.500. The monoisotopic (exact) mass is 420 g/mol. The first-order valence-electron chi connectivity index (χ1n) is 9.79. The van der Waals surface area contributed by atoms with Crippen LogP contribution in [0.25, 0.3) is 0 Å². The molecule has 0 aromatic heterocycles. The van der Waals surface area contributed by atoms with E-state index in [4.69, 9.17) is 5.73 Å². The van der Waals surface area contributed by atoms with Crippen molar-refractivity contribution >= 4 is 23.7 Å². The summed E-state index contributed by atoms with van der Waals surface area (Å²) in [5.41, 5.74) is 6.02. The van der Waals surface area contributed by atoms with Gasteiger partial charge in [0.2, 0.25) is 17.7 Å². The second-order valence-corrected chi connectivity index (χ2v) is 7.27. The van der Waals surface area contributed by atoms with Crippen molar-refractivity contribution in [3.8, 4) is 0 Å². The van der Waals surface area contributed by atoms with Crippen LogP contribution in [0.4, 0.5) is 0 Å². The van der Waals surface area contributed by atoms with E-state index >= 15 is 0 Å². The number of nitrogens with zero attached hydrogens (tertiary/aromatic N) is 1. The highest BCUT2D eigenvalue weighted by Crippen LogP contribution is 2.19. The number of hydrogen-bond donors (Lipinski definition) is 5. The van der Waals surface area contributed by atoms with Crippen molar-refractivity contribution in [2.24, 2.45) is 5.73 Å². The van der Waals surface area contributed by atoms with E-state index in [1.807, 2.05) is 6.07 Å². The quantitative estimate of drug-likeness (QED) is 0.329. The van der Waals surface area contributed by atoms with Crippen molar-refractivity contribution in [3.05, 3.63) is 35.9 Å². The molecule has 10 nitrogen and oxygen atoms in total. The minimum atomic E-state index is -1.30. The van der Waals surface area contributed by atoms with Crippen molar-refractivity contribution in [2.75, 3.05) is 13.1 Å². The molecule has 164 valence electrons. The molecule has 1 aromatic carbocycles. The Bertz CT molecular complexity index is 770. The molecule has 0 saturated carbocycles. The highest BCUT2D eigenvalue weighted by Gasteiger charge is 2.38. The van der Waals surface area contributed by atoms with Crippen LogP contribution in [0.3, 0.4) is 0 Å². The third kappa shape index (κ3) is 6.01. The molecule has 6 N–H and O–H groups in total. The Kier molecular flexibility index (Phi) is 8.31. The summed E-state index contributed by atoms with van der Waals surface area (Å²) < 4.78 is 0. The number of benzene rings is 1. The summed E-state index contributed by atoms with van der Waals surface area (Å²) in [6, 6.07) is 5.64. The standard InChI is InChI=1S/C20H28N4O6/c1-12(25)17(23-16(26)11-21)18(27)22-14(10-13-6-3-2-4-7-13)19(28)24-9-5-8-15(24)20(29)30/h2-4,6-7,12,14-15,17,25H,5,8-11,21H2,1H3,(H,22,27)(H,23,26)(H,29,30). The third-order valence-electron chi connectivity index (χ3n) is 4.98. The zero-order chi connectivity index (χ0) is 22.3. The van der Waals surface area contributed by atoms with Gasteiger partial charge in [0.15, 0.2) is 0 Å². The number of amides is 3. The van der Waals surface area contributed by atoms with Crippen LogP contribution in [-0.4, -0.2) is 76.1 Å². The zero-order valence-electron chi connectivity index (χ0n) is 16.8. The van der Waals surface area contributed by atoms with Gasteiger partial charge in [0.25, 0.3) is 0 Å². The summed E-state index contributed by atoms with van der Waals surface area (Å²) in [7, 11) is 0. The Morgan fingerprint density at radius 2 is 1.87 bits per heavy atom. The summed E-state index contributed by atoms with van der Waals surface area (Å²) >= 11 is 0. The van der Waals surface area contributed by atoms with Gasteiger partial charge in [0.05, 0.1) is 12.6 Å². The summed E-state index contributed by atoms with van der Waals surface area (Å²) in [5.74, 6) is -3.01. The average molecular weight is 420 g/mol. The Morgan fingerprint density at radius 1 is 1.20 bits per heavy atom. The van der Waals surface area contributed by atoms with Gasteiger partial charge in [-0.25, -0.2) is 4.79 Å². The number of rotatable bonds is 9. The van der Waals surface area contributed by atoms with Gasteiger partial charge in [-0.1, -0.05) is 30.3 Å². The molecule has 1 aliphatic heterocycles. The number of aliphatic carboxylic acids is 1. The number of carbonyl (C=O) groups excluding carboxylic acids is 3. The minimum Gasteiger partial charge on any atom is -0.480 e. The van der Waals surface area contributed by atoms with E-state index in [1.165, 1.54) is 11.8 Å². The molecule has 4 unspecified atom stereocenters. The number of aliphatic hydroxyl groups is 1. The molecule has 0 aliphatic carbocycles. The highest BCUT2D eigenvalue weighted by molar-refractivity contribution is 5.94. The van der Waals surface area contributed by atoms with Crippen LogP contribution in [0.15, 0.2) is 30.3 Å². The SMILES string of the molecule is CC(O)C(NC(=O)CN)C(=O)NC(Cc1ccccc1)C(=O)N1CCCC1C(=O)O. The molecule has 1 aliphatic rings. The van der Waals surface area contributed by atoms with Crippen LogP contribution in [0.5, 0.6) is 0 Å². The number of nitrogens with one attached hydrogen (secondary N) is 2. The van der Waals surface area contributed by atoms with E-state index in [0.29, 0.717) is 12.8 Å². The number of aliphatic hydroxyl groups excluding tert-OH is 1. The molecular weight excluding hydrogens is 392 g/mol. The van der Waals surface area contributed by atoms with Gasteiger partial charge in [-0.2, -0.15) is 0 Å². The summed E-state index contributed by atoms with van der Waals surface area (Å²) in [6.07, 6.45) is -0.203. The van der Waals surface area contributed by atoms with Crippen LogP contribution >= 0.6 is 0 Å². The van der Waals surface area contributed by atoms with Crippen LogP contribution < -0.4 is 16.4 Å². The first kappa shape index (κ1) is 23.3. The normalized spacial score (nSPS) is 18.9. The van der Waals surface area contributed by atoms with E-state index in [-0.39, 0.29) is 19.5 Å². The first-order chi connectivity index (χ1) is 14.2. The summed E-state index contributed by atoms with van der Waals surface area (Å²) in [4.78, 5) is 50.3. The molecule has 4 atom stereocenters. The predicted molar refractivity (Wildman–Crippen MR) is 107 cm³/mol. The number of likely N-dealkylation sites (tertiary alicyclic amines) is 1. The number of carboxylic acid groups (broad SMARTS) is 1. The van der Waals surface area contributed by atoms with Crippen molar-refractivity contribution in [1.29, 1.82) is 0 Å². The Labute approximate surface area is 174 Å². The van der Waals surface area contributed by atoms with Crippen molar-refractivity contribution < 1.29 is 29.4 Å². The highest BCUT2D eigenvalue weighted by atomic mass is 16.4. The molecule has 2 rings (SSSR count). The van der Waals surface area contributed by atoms with Crippen molar-refractivity contribution in [3.63, 3.8) is 0 Å². The maximum atomic E-state index is 13.1. The van der Waals surface area contributed by atoms with Crippen LogP contribution in [0.2, 0.25) is 0 Å². The fourth-order valence-electron chi connectivity index (χ4n) is 3.44. The molecule has 1 fully saturated rings. The molecule has 30 heavy (non-hydrogen) atoms. The largest absolute Gasteiger partial charge is 0.480 e. The van der Waals surface area contributed by atoms with E-state index in [0.717, 1.165) is 5.56 Å². The smallest absolute Gasteiger partial charge is 0.326 e. The lowest BCUT2D eigenvalue weighted by molar-refractivity contribution is -0.149. The Hall–Kier alpha value is -2.98. The minimum absolute atomic E-state index is 0.131. The number of carboxylic acids is 1. The van der Waals surface area contributed by atoms with E-state index < -0.39 is 47.9 Å². The first-order valence-corrected chi connectivity index (χ1v) is 9.79. The van der Waals surface area contributed by atoms with Gasteiger partial charge in [0, 0.05) is 13.0 Å². The molecule has 1 heterocycles. The lowest BCUT2D eigenvalue weighted by atomic mass is 10.0. The topological polar surface area (TPSA) is 162 Å². The van der Waals surface area contributed by atoms with Gasteiger partial charge in [0.1, 0.15) is 18.1 Å². The second-order valence-electron chi connectivity index (χ2n) is 7.27. The van der Waals surface area contributed by atoms with E-state index in [1.54, 1.807) is 24.3 Å². The molecule has 0 bridgehead atoms. The van der Waals surface area contributed by atoms with Crippen molar-refractivity contribution in [1.82, 2.24) is 15.5 Å². The van der Waals surface area contributed by atoms with Crippen LogP contribution in [0, 0.1) is 0 Å². The van der Waals surface area contributed by atoms with E-state index in [9.17, 15) is 29.4 Å². The van der Waals surface area contributed by atoms with E-state index in [2.05, 4.69) is 10.6 Å². The molecular formula is C20H28N4O6. The van der Waals surface area contributed by atoms with Gasteiger partial charge in [-0.05, 0) is 25.3 Å². The molecule has 0 spiro atoms. The second kappa shape index (κ2) is 10.7. The van der Waals surface area contributed by atoms with Crippen molar-refractivity contribution in [2.45, 2.75) is 50.4 Å². The zero-order valence-corrected chi connectivity index (χ0v) is 16.8. The summed E-state index contributed by atoms with van der Waals surface area (Å²) in [5, 5.41) is 24.2. The molecule has 1 aromatic rings. The molecule has 0 radical (unpaired) electrons. The lowest BCUT2D eigenvalue weighted by Gasteiger charge is -2.29. The molecule has 3 amide bonds.